The maximum atomic E-state index is 6.30. The third kappa shape index (κ3) is 7.12. The molecular weight excluding hydrogens is 425 g/mol. The largest absolute Gasteiger partial charge is 0.382 e. The van der Waals surface area contributed by atoms with Crippen LogP contribution in [0.1, 0.15) is 13.3 Å². The molecule has 146 valence electrons. The average molecular weight is 463 g/mol. The first kappa shape index (κ1) is 25.3. The van der Waals surface area contributed by atoms with E-state index in [0.29, 0.717) is 0 Å². The van der Waals surface area contributed by atoms with E-state index < -0.39 is 78.6 Å². The van der Waals surface area contributed by atoms with Gasteiger partial charge in [-0.05, 0) is 6.04 Å². The highest BCUT2D eigenvalue weighted by Gasteiger charge is 2.56. The van der Waals surface area contributed by atoms with Gasteiger partial charge in [0.05, 0.1) is 0 Å². The Kier molecular flexibility index (Phi) is 15.1. The Morgan fingerprint density at radius 2 is 0.833 bits per heavy atom. The van der Waals surface area contributed by atoms with E-state index in [0.717, 1.165) is 12.5 Å². The van der Waals surface area contributed by atoms with Gasteiger partial charge in [-0.3, -0.25) is 0 Å². The molecule has 0 aromatic heterocycles. The van der Waals surface area contributed by atoms with E-state index in [1.165, 1.54) is 0 Å². The Morgan fingerprint density at radius 3 is 1.00 bits per heavy atom. The van der Waals surface area contributed by atoms with Crippen LogP contribution in [0.5, 0.6) is 0 Å². The van der Waals surface area contributed by atoms with Crippen molar-refractivity contribution in [2.75, 3.05) is 0 Å². The zero-order valence-electron chi connectivity index (χ0n) is 16.7. The first-order chi connectivity index (χ1) is 11.6. The fourth-order valence-corrected chi connectivity index (χ4v) is 16.9. The van der Waals surface area contributed by atoms with Crippen LogP contribution in [-0.2, 0) is 26.6 Å². The van der Waals surface area contributed by atoms with Crippen molar-refractivity contribution in [1.82, 2.24) is 0 Å². The number of hydrogen-bond acceptors (Lipinski definition) is 6. The second kappa shape index (κ2) is 14.4. The molecule has 24 heavy (non-hydrogen) atoms. The lowest BCUT2D eigenvalue weighted by Crippen LogP contribution is -2.68. The van der Waals surface area contributed by atoms with Crippen molar-refractivity contribution in [2.45, 2.75) is 69.9 Å². The molecule has 0 saturated heterocycles. The molecule has 0 aromatic rings. The van der Waals surface area contributed by atoms with Crippen molar-refractivity contribution >= 4 is 67.4 Å². The van der Waals surface area contributed by atoms with Crippen molar-refractivity contribution in [2.24, 2.45) is 0 Å². The summed E-state index contributed by atoms with van der Waals surface area (Å²) >= 11 is 0. The number of hydrogen-bond donors (Lipinski definition) is 0. The summed E-state index contributed by atoms with van der Waals surface area (Å²) in [5, 5.41) is 0. The minimum Gasteiger partial charge on any atom is -0.382 e. The van der Waals surface area contributed by atoms with Gasteiger partial charge in [0.1, 0.15) is 0 Å². The molecular formula is C11H38O6Si7. The third-order valence-corrected chi connectivity index (χ3v) is 13.5. The number of rotatable bonds is 16. The molecule has 0 fully saturated rings. The summed E-state index contributed by atoms with van der Waals surface area (Å²) < 4.78 is 37.8. The van der Waals surface area contributed by atoms with Gasteiger partial charge in [-0.1, -0.05) is 52.6 Å². The maximum Gasteiger partial charge on any atom is 0.246 e. The van der Waals surface area contributed by atoms with Crippen molar-refractivity contribution in [1.29, 1.82) is 0 Å². The smallest absolute Gasteiger partial charge is 0.246 e. The van der Waals surface area contributed by atoms with Crippen molar-refractivity contribution in [3.05, 3.63) is 0 Å². The van der Waals surface area contributed by atoms with Crippen LogP contribution >= 0.6 is 0 Å². The summed E-state index contributed by atoms with van der Waals surface area (Å²) in [6.07, 6.45) is 1.04. The molecule has 0 radical (unpaired) electrons. The van der Waals surface area contributed by atoms with Gasteiger partial charge in [0.25, 0.3) is 0 Å². The second-order valence-electron chi connectivity index (χ2n) is 5.15. The van der Waals surface area contributed by atoms with Crippen LogP contribution < -0.4 is 0 Å². The van der Waals surface area contributed by atoms with Crippen LogP contribution in [0.4, 0.5) is 0 Å². The minimum absolute atomic E-state index is 0.694. The fraction of sp³-hybridized carbons (Fsp3) is 1.00. The van der Waals surface area contributed by atoms with Crippen LogP contribution in [0.2, 0.25) is 45.3 Å². The lowest BCUT2D eigenvalue weighted by molar-refractivity contribution is -0.238. The molecule has 0 N–H and O–H groups in total. The molecule has 13 heteroatoms. The van der Waals surface area contributed by atoms with E-state index >= 15 is 0 Å². The van der Waals surface area contributed by atoms with Gasteiger partial charge in [-0.25, -0.2) is 0 Å². The Bertz CT molecular complexity index is 255. The normalized spacial score (nSPS) is 21.1. The lowest BCUT2D eigenvalue weighted by atomic mass is 10.6. The summed E-state index contributed by atoms with van der Waals surface area (Å²) in [6, 6.07) is 0.981. The molecule has 0 aromatic carbocycles. The van der Waals surface area contributed by atoms with Crippen LogP contribution in [0.15, 0.2) is 0 Å². The highest BCUT2D eigenvalue weighted by molar-refractivity contribution is 6.66. The quantitative estimate of drug-likeness (QED) is 0.193. The fourth-order valence-electron chi connectivity index (χ4n) is 2.92. The Balaban J connectivity index is 6.05. The molecule has 0 aliphatic carbocycles. The average Bonchev–Trinajstić information content (AvgIpc) is 2.54. The Morgan fingerprint density at radius 1 is 0.583 bits per heavy atom. The molecule has 0 amide bonds. The molecule has 0 aliphatic rings. The summed E-state index contributed by atoms with van der Waals surface area (Å²) in [5.74, 6) is 0. The summed E-state index contributed by atoms with van der Waals surface area (Å²) in [6.45, 7) is 15.0. The molecule has 0 unspecified atom stereocenters. The van der Waals surface area contributed by atoms with Crippen molar-refractivity contribution < 1.29 is 26.6 Å². The molecule has 0 saturated carbocycles. The monoisotopic (exact) mass is 462 g/mol. The van der Waals surface area contributed by atoms with Gasteiger partial charge in [0.15, 0.2) is 58.6 Å². The van der Waals surface area contributed by atoms with Gasteiger partial charge >= 0.3 is 0 Å². The molecule has 0 spiro atoms. The van der Waals surface area contributed by atoms with E-state index in [9.17, 15) is 0 Å². The van der Waals surface area contributed by atoms with E-state index in [1.54, 1.807) is 0 Å². The zero-order chi connectivity index (χ0) is 18.5. The second-order valence-corrected chi connectivity index (χ2v) is 13.4. The molecule has 0 aliphatic heterocycles. The van der Waals surface area contributed by atoms with Crippen LogP contribution in [0.25, 0.3) is 0 Å². The molecule has 6 nitrogen and oxygen atoms in total. The lowest BCUT2D eigenvalue weighted by Gasteiger charge is -2.48. The minimum atomic E-state index is -1.97. The summed E-state index contributed by atoms with van der Waals surface area (Å²) in [5.41, 5.74) is -1.76. The predicted octanol–water partition coefficient (Wildman–Crippen LogP) is -2.10. The van der Waals surface area contributed by atoms with E-state index in [2.05, 4.69) is 46.2 Å². The van der Waals surface area contributed by atoms with E-state index in [-0.39, 0.29) is 0 Å². The van der Waals surface area contributed by atoms with Crippen LogP contribution in [-0.4, -0.2) is 78.6 Å². The van der Waals surface area contributed by atoms with Crippen LogP contribution in [0, 0.1) is 0 Å². The Hall–Kier alpha value is 1.28. The van der Waals surface area contributed by atoms with E-state index in [1.807, 2.05) is 0 Å². The standard InChI is InChI=1S/C11H38O6Si7/c1-8-9-24(10(12-18-2,13-19-3)14-20-4)11(15-21-5,16-22-6)17-23-7/h24H,8-9,18-23H2,1-7H3. The molecule has 0 heterocycles. The topological polar surface area (TPSA) is 55.4 Å². The Labute approximate surface area is 163 Å². The predicted molar refractivity (Wildman–Crippen MR) is 121 cm³/mol. The highest BCUT2D eigenvalue weighted by Crippen LogP contribution is 2.33. The first-order valence-corrected chi connectivity index (χ1v) is 23.3. The van der Waals surface area contributed by atoms with Gasteiger partial charge in [0, 0.05) is 0 Å². The van der Waals surface area contributed by atoms with Gasteiger partial charge < -0.3 is 26.6 Å². The maximum absolute atomic E-state index is 6.30. The van der Waals surface area contributed by atoms with Gasteiger partial charge in [-0.15, -0.1) is 0 Å². The third-order valence-electron chi connectivity index (χ3n) is 3.50. The van der Waals surface area contributed by atoms with Crippen LogP contribution in [0.3, 0.4) is 0 Å². The van der Waals surface area contributed by atoms with E-state index in [4.69, 9.17) is 26.6 Å². The zero-order valence-corrected chi connectivity index (χ0v) is 26.3. The molecule has 0 rings (SSSR count). The SMILES string of the molecule is CCC[SiH](C(O[SiH2]C)(O[SiH2]C)O[SiH2]C)C(O[SiH2]C)(O[SiH2]C)O[SiH2]C. The van der Waals surface area contributed by atoms with Crippen molar-refractivity contribution in [3.63, 3.8) is 0 Å². The van der Waals surface area contributed by atoms with Gasteiger partial charge in [-0.2, -0.15) is 0 Å². The highest BCUT2D eigenvalue weighted by atomic mass is 28.3. The summed E-state index contributed by atoms with van der Waals surface area (Å²) in [4.78, 5) is 0. The summed E-state index contributed by atoms with van der Waals surface area (Å²) in [7, 11) is -6.13. The molecule has 0 bridgehead atoms. The first-order valence-electron chi connectivity index (χ1n) is 9.39. The van der Waals surface area contributed by atoms with Crippen molar-refractivity contribution in [3.8, 4) is 0 Å². The van der Waals surface area contributed by atoms with Gasteiger partial charge in [0.2, 0.25) is 20.0 Å². The molecule has 0 atom stereocenters.